The monoisotopic (exact) mass is 396 g/mol. The minimum Gasteiger partial charge on any atom is -0.327 e. The number of fused-ring (bicyclic) bond motifs is 2. The predicted octanol–water partition coefficient (Wildman–Crippen LogP) is 3.57. The standard InChI is InChI=1S/C22H25FN4O2/c23-16-7-8-17(26-22(29)18-6-1-2-9-25-18)19(12-16)27-21(28)15-10-13-4-3-5-14(11-15)20(13)24/h1-2,6-9,12-15,20H,3-5,10-11,24H2,(H,26,29)(H,27,28). The first-order valence-electron chi connectivity index (χ1n) is 10.1. The maximum atomic E-state index is 13.8. The van der Waals surface area contributed by atoms with Crippen LogP contribution in [0.25, 0.3) is 0 Å². The molecule has 0 spiro atoms. The van der Waals surface area contributed by atoms with Crippen LogP contribution in [0, 0.1) is 23.6 Å². The first kappa shape index (κ1) is 19.5. The third kappa shape index (κ3) is 4.29. The van der Waals surface area contributed by atoms with Gasteiger partial charge < -0.3 is 16.4 Å². The van der Waals surface area contributed by atoms with Gasteiger partial charge in [-0.05, 0) is 67.9 Å². The molecule has 2 aromatic rings. The molecule has 6 nitrogen and oxygen atoms in total. The number of halogens is 1. The maximum absolute atomic E-state index is 13.8. The van der Waals surface area contributed by atoms with Crippen LogP contribution < -0.4 is 16.4 Å². The Hall–Kier alpha value is -2.80. The molecule has 2 atom stereocenters. The number of carbonyl (C=O) groups is 2. The number of nitrogens with one attached hydrogen (secondary N) is 2. The molecule has 7 heteroatoms. The first-order valence-corrected chi connectivity index (χ1v) is 10.1. The van der Waals surface area contributed by atoms with Crippen LogP contribution in [-0.2, 0) is 4.79 Å². The molecule has 0 aliphatic heterocycles. The van der Waals surface area contributed by atoms with Crippen LogP contribution in [0.4, 0.5) is 15.8 Å². The average Bonchev–Trinajstić information content (AvgIpc) is 2.70. The van der Waals surface area contributed by atoms with Crippen LogP contribution in [0.5, 0.6) is 0 Å². The zero-order valence-electron chi connectivity index (χ0n) is 16.1. The molecule has 152 valence electrons. The molecule has 1 aromatic carbocycles. The summed E-state index contributed by atoms with van der Waals surface area (Å²) in [6, 6.07) is 9.09. The van der Waals surface area contributed by atoms with E-state index in [0.29, 0.717) is 17.5 Å². The van der Waals surface area contributed by atoms with Crippen LogP contribution in [0.15, 0.2) is 42.6 Å². The van der Waals surface area contributed by atoms with E-state index in [1.165, 1.54) is 30.8 Å². The van der Waals surface area contributed by atoms with Crippen molar-refractivity contribution in [3.05, 3.63) is 54.1 Å². The molecule has 4 rings (SSSR count). The number of hydrogen-bond acceptors (Lipinski definition) is 4. The highest BCUT2D eigenvalue weighted by Crippen LogP contribution is 2.42. The van der Waals surface area contributed by atoms with Crippen molar-refractivity contribution in [2.75, 3.05) is 10.6 Å². The zero-order chi connectivity index (χ0) is 20.4. The third-order valence-electron chi connectivity index (χ3n) is 6.17. The lowest BCUT2D eigenvalue weighted by Gasteiger charge is -2.43. The Morgan fingerprint density at radius 1 is 1.03 bits per heavy atom. The number of carbonyl (C=O) groups excluding carboxylic acids is 2. The third-order valence-corrected chi connectivity index (χ3v) is 6.17. The average molecular weight is 396 g/mol. The highest BCUT2D eigenvalue weighted by atomic mass is 19.1. The van der Waals surface area contributed by atoms with Gasteiger partial charge in [0.25, 0.3) is 5.91 Å². The highest BCUT2D eigenvalue weighted by molar-refractivity contribution is 6.06. The summed E-state index contributed by atoms with van der Waals surface area (Å²) in [5.41, 5.74) is 7.14. The van der Waals surface area contributed by atoms with E-state index >= 15 is 0 Å². The van der Waals surface area contributed by atoms with E-state index < -0.39 is 11.7 Å². The molecular formula is C22H25FN4O2. The van der Waals surface area contributed by atoms with Gasteiger partial charge >= 0.3 is 0 Å². The second-order valence-electron chi connectivity index (χ2n) is 8.04. The maximum Gasteiger partial charge on any atom is 0.274 e. The molecule has 2 fully saturated rings. The van der Waals surface area contributed by atoms with Gasteiger partial charge in [0.2, 0.25) is 5.91 Å². The Balaban J connectivity index is 1.49. The van der Waals surface area contributed by atoms with Gasteiger partial charge in [0.1, 0.15) is 11.5 Å². The smallest absolute Gasteiger partial charge is 0.274 e. The fourth-order valence-electron chi connectivity index (χ4n) is 4.65. The number of anilines is 2. The van der Waals surface area contributed by atoms with E-state index in [1.807, 2.05) is 0 Å². The Morgan fingerprint density at radius 2 is 1.79 bits per heavy atom. The molecule has 1 heterocycles. The van der Waals surface area contributed by atoms with Crippen molar-refractivity contribution in [1.29, 1.82) is 0 Å². The summed E-state index contributed by atoms with van der Waals surface area (Å²) in [6.07, 6.45) is 6.33. The van der Waals surface area contributed by atoms with Gasteiger partial charge in [-0.25, -0.2) is 4.39 Å². The van der Waals surface area contributed by atoms with E-state index in [2.05, 4.69) is 15.6 Å². The van der Waals surface area contributed by atoms with Crippen molar-refractivity contribution in [1.82, 2.24) is 4.98 Å². The van der Waals surface area contributed by atoms with Crippen molar-refractivity contribution in [3.63, 3.8) is 0 Å². The SMILES string of the molecule is NC1C2CCCC1CC(C(=O)Nc1cc(F)ccc1NC(=O)c1ccccn1)C2. The summed E-state index contributed by atoms with van der Waals surface area (Å²) in [7, 11) is 0. The second kappa shape index (κ2) is 8.29. The molecule has 0 saturated heterocycles. The molecule has 2 saturated carbocycles. The molecule has 2 aliphatic rings. The lowest BCUT2D eigenvalue weighted by Crippen LogP contribution is -2.48. The molecule has 4 N–H and O–H groups in total. The largest absolute Gasteiger partial charge is 0.327 e. The minimum absolute atomic E-state index is 0.146. The molecule has 2 unspecified atom stereocenters. The summed E-state index contributed by atoms with van der Waals surface area (Å²) in [6.45, 7) is 0. The summed E-state index contributed by atoms with van der Waals surface area (Å²) < 4.78 is 13.8. The van der Waals surface area contributed by atoms with Gasteiger partial charge in [-0.1, -0.05) is 12.5 Å². The number of nitrogens with zero attached hydrogens (tertiary/aromatic N) is 1. The topological polar surface area (TPSA) is 97.1 Å². The van der Waals surface area contributed by atoms with E-state index in [1.54, 1.807) is 18.2 Å². The van der Waals surface area contributed by atoms with Gasteiger partial charge in [0, 0.05) is 18.2 Å². The van der Waals surface area contributed by atoms with E-state index in [9.17, 15) is 14.0 Å². The van der Waals surface area contributed by atoms with E-state index in [4.69, 9.17) is 5.73 Å². The van der Waals surface area contributed by atoms with Gasteiger partial charge in [-0.15, -0.1) is 0 Å². The number of benzene rings is 1. The minimum atomic E-state index is -0.487. The molecule has 1 aromatic heterocycles. The number of nitrogens with two attached hydrogens (primary N) is 1. The van der Waals surface area contributed by atoms with Gasteiger partial charge in [-0.2, -0.15) is 0 Å². The Morgan fingerprint density at radius 3 is 2.48 bits per heavy atom. The lowest BCUT2D eigenvalue weighted by molar-refractivity contribution is -0.122. The second-order valence-corrected chi connectivity index (χ2v) is 8.04. The summed E-state index contributed by atoms with van der Waals surface area (Å²) in [4.78, 5) is 29.3. The highest BCUT2D eigenvalue weighted by Gasteiger charge is 2.40. The fraction of sp³-hybridized carbons (Fsp3) is 0.409. The Labute approximate surface area is 169 Å². The van der Waals surface area contributed by atoms with Gasteiger partial charge in [-0.3, -0.25) is 14.6 Å². The lowest BCUT2D eigenvalue weighted by atomic mass is 9.65. The van der Waals surface area contributed by atoms with Crippen molar-refractivity contribution >= 4 is 23.2 Å². The molecule has 2 amide bonds. The summed E-state index contributed by atoms with van der Waals surface area (Å²) in [5, 5.41) is 5.53. The molecule has 2 aliphatic carbocycles. The first-order chi connectivity index (χ1) is 14.0. The number of amides is 2. The predicted molar refractivity (Wildman–Crippen MR) is 109 cm³/mol. The van der Waals surface area contributed by atoms with Crippen LogP contribution in [0.1, 0.15) is 42.6 Å². The quantitative estimate of drug-likeness (QED) is 0.736. The van der Waals surface area contributed by atoms with Crippen molar-refractivity contribution in [2.45, 2.75) is 38.1 Å². The number of aromatic nitrogens is 1. The van der Waals surface area contributed by atoms with Gasteiger partial charge in [0.15, 0.2) is 0 Å². The zero-order valence-corrected chi connectivity index (χ0v) is 16.1. The van der Waals surface area contributed by atoms with Crippen molar-refractivity contribution in [3.8, 4) is 0 Å². The number of rotatable bonds is 4. The van der Waals surface area contributed by atoms with E-state index in [-0.39, 0.29) is 29.2 Å². The molecule has 29 heavy (non-hydrogen) atoms. The fourth-order valence-corrected chi connectivity index (χ4v) is 4.65. The number of hydrogen-bond donors (Lipinski definition) is 3. The summed E-state index contributed by atoms with van der Waals surface area (Å²) in [5.74, 6) is -0.465. The number of pyridine rings is 1. The molecular weight excluding hydrogens is 371 g/mol. The Kier molecular flexibility index (Phi) is 5.58. The molecule has 0 radical (unpaired) electrons. The van der Waals surface area contributed by atoms with Crippen LogP contribution in [-0.4, -0.2) is 22.8 Å². The van der Waals surface area contributed by atoms with Crippen molar-refractivity contribution < 1.29 is 14.0 Å². The van der Waals surface area contributed by atoms with Gasteiger partial charge in [0.05, 0.1) is 11.4 Å². The van der Waals surface area contributed by atoms with Crippen LogP contribution >= 0.6 is 0 Å². The summed E-state index contributed by atoms with van der Waals surface area (Å²) >= 11 is 0. The van der Waals surface area contributed by atoms with Crippen LogP contribution in [0.2, 0.25) is 0 Å². The van der Waals surface area contributed by atoms with Crippen molar-refractivity contribution in [2.24, 2.45) is 23.5 Å². The molecule has 2 bridgehead atoms. The van der Waals surface area contributed by atoms with E-state index in [0.717, 1.165) is 25.7 Å². The van der Waals surface area contributed by atoms with Crippen LogP contribution in [0.3, 0.4) is 0 Å². The normalized spacial score (nSPS) is 25.9. The Bertz CT molecular complexity index is 891.